The average molecular weight is 358 g/mol. The Bertz CT molecular complexity index is 537. The van der Waals surface area contributed by atoms with Gasteiger partial charge in [0.05, 0.1) is 12.5 Å². The van der Waals surface area contributed by atoms with Crippen molar-refractivity contribution in [2.75, 3.05) is 0 Å². The van der Waals surface area contributed by atoms with Gasteiger partial charge in [-0.3, -0.25) is 4.79 Å². The predicted molar refractivity (Wildman–Crippen MR) is 83.2 cm³/mol. The first-order valence-corrected chi connectivity index (χ1v) is 7.35. The zero-order valence-corrected chi connectivity index (χ0v) is 14.2. The maximum Gasteiger partial charge on any atom is 0.408 e. The second-order valence-electron chi connectivity index (χ2n) is 5.80. The van der Waals surface area contributed by atoms with Crippen molar-refractivity contribution in [2.45, 2.75) is 45.8 Å². The van der Waals surface area contributed by atoms with Gasteiger partial charge in [-0.05, 0) is 51.0 Å². The number of aliphatic carboxylic acids is 1. The summed E-state index contributed by atoms with van der Waals surface area (Å²) < 4.78 is 6.08. The van der Waals surface area contributed by atoms with E-state index in [1.807, 2.05) is 19.1 Å². The van der Waals surface area contributed by atoms with Crippen molar-refractivity contribution in [1.29, 1.82) is 0 Å². The van der Waals surface area contributed by atoms with Gasteiger partial charge >= 0.3 is 12.1 Å². The molecule has 0 fully saturated rings. The molecule has 0 aliphatic heterocycles. The summed E-state index contributed by atoms with van der Waals surface area (Å²) in [6.07, 6.45) is -0.835. The van der Waals surface area contributed by atoms with Crippen LogP contribution in [0.2, 0.25) is 0 Å². The predicted octanol–water partition coefficient (Wildman–Crippen LogP) is 3.80. The third-order valence-electron chi connectivity index (χ3n) is 2.68. The van der Waals surface area contributed by atoms with E-state index >= 15 is 0 Å². The lowest BCUT2D eigenvalue weighted by atomic mass is 9.99. The van der Waals surface area contributed by atoms with Gasteiger partial charge < -0.3 is 15.2 Å². The van der Waals surface area contributed by atoms with E-state index in [9.17, 15) is 9.59 Å². The highest BCUT2D eigenvalue weighted by atomic mass is 79.9. The van der Waals surface area contributed by atoms with Crippen LogP contribution in [-0.4, -0.2) is 22.8 Å². The molecule has 0 aliphatic carbocycles. The number of hydrogen-bond donors (Lipinski definition) is 2. The van der Waals surface area contributed by atoms with Crippen molar-refractivity contribution in [3.8, 4) is 0 Å². The molecule has 1 aromatic carbocycles. The van der Waals surface area contributed by atoms with Crippen LogP contribution in [0.3, 0.4) is 0 Å². The van der Waals surface area contributed by atoms with E-state index in [2.05, 4.69) is 21.2 Å². The van der Waals surface area contributed by atoms with Gasteiger partial charge in [0.1, 0.15) is 5.60 Å². The molecule has 5 nitrogen and oxygen atoms in total. The normalized spacial score (nSPS) is 12.6. The smallest absolute Gasteiger partial charge is 0.408 e. The Labute approximate surface area is 132 Å². The molecule has 0 saturated carbocycles. The minimum Gasteiger partial charge on any atom is -0.481 e. The molecule has 1 rings (SSSR count). The van der Waals surface area contributed by atoms with Crippen LogP contribution in [0.1, 0.15) is 44.4 Å². The molecule has 0 bridgehead atoms. The number of carbonyl (C=O) groups is 2. The molecular weight excluding hydrogens is 338 g/mol. The maximum atomic E-state index is 11.9. The van der Waals surface area contributed by atoms with Crippen LogP contribution in [0.5, 0.6) is 0 Å². The van der Waals surface area contributed by atoms with E-state index in [1.54, 1.807) is 26.8 Å². The standard InChI is InChI=1S/C15H20BrNO4/c1-9-7-10(16)5-6-11(9)12(8-13(18)19)17-14(20)21-15(2,3)4/h5-7,12H,8H2,1-4H3,(H,17,20)(H,18,19)/t12-/m0/s1. The molecular formula is C15H20BrNO4. The zero-order chi connectivity index (χ0) is 16.2. The van der Waals surface area contributed by atoms with Gasteiger partial charge in [0.2, 0.25) is 0 Å². The summed E-state index contributed by atoms with van der Waals surface area (Å²) in [6.45, 7) is 7.13. The maximum absolute atomic E-state index is 11.9. The highest BCUT2D eigenvalue weighted by molar-refractivity contribution is 9.10. The summed E-state index contributed by atoms with van der Waals surface area (Å²) >= 11 is 3.36. The van der Waals surface area contributed by atoms with Gasteiger partial charge in [-0.15, -0.1) is 0 Å². The summed E-state index contributed by atoms with van der Waals surface area (Å²) in [5, 5.41) is 11.7. The van der Waals surface area contributed by atoms with E-state index in [0.717, 1.165) is 15.6 Å². The van der Waals surface area contributed by atoms with E-state index in [-0.39, 0.29) is 6.42 Å². The molecule has 0 aromatic heterocycles. The number of rotatable bonds is 4. The second kappa shape index (κ2) is 6.93. The molecule has 1 amide bonds. The third-order valence-corrected chi connectivity index (χ3v) is 3.17. The molecule has 21 heavy (non-hydrogen) atoms. The number of amides is 1. The van der Waals surface area contributed by atoms with E-state index < -0.39 is 23.7 Å². The van der Waals surface area contributed by atoms with E-state index in [0.29, 0.717) is 0 Å². The Balaban J connectivity index is 2.95. The second-order valence-corrected chi connectivity index (χ2v) is 6.71. The first kappa shape index (κ1) is 17.5. The number of carboxylic acids is 1. The topological polar surface area (TPSA) is 75.6 Å². The Morgan fingerprint density at radius 3 is 2.48 bits per heavy atom. The number of carbonyl (C=O) groups excluding carboxylic acids is 1. The fourth-order valence-corrected chi connectivity index (χ4v) is 2.37. The first-order valence-electron chi connectivity index (χ1n) is 6.56. The first-order chi connectivity index (χ1) is 9.58. The van der Waals surface area contributed by atoms with Crippen molar-refractivity contribution in [1.82, 2.24) is 5.32 Å². The van der Waals surface area contributed by atoms with Gasteiger partial charge in [0.25, 0.3) is 0 Å². The number of aryl methyl sites for hydroxylation is 1. The molecule has 0 saturated heterocycles. The van der Waals surface area contributed by atoms with Crippen molar-refractivity contribution < 1.29 is 19.4 Å². The van der Waals surface area contributed by atoms with Crippen LogP contribution >= 0.6 is 15.9 Å². The number of halogens is 1. The van der Waals surface area contributed by atoms with Gasteiger partial charge in [0.15, 0.2) is 0 Å². The molecule has 0 spiro atoms. The molecule has 0 heterocycles. The molecule has 116 valence electrons. The Morgan fingerprint density at radius 1 is 1.38 bits per heavy atom. The van der Waals surface area contributed by atoms with Crippen LogP contribution < -0.4 is 5.32 Å². The molecule has 0 aliphatic rings. The highest BCUT2D eigenvalue weighted by Crippen LogP contribution is 2.24. The number of alkyl carbamates (subject to hydrolysis) is 1. The third kappa shape index (κ3) is 6.16. The molecule has 1 aromatic rings. The molecule has 0 radical (unpaired) electrons. The van der Waals surface area contributed by atoms with Gasteiger partial charge in [-0.2, -0.15) is 0 Å². The zero-order valence-electron chi connectivity index (χ0n) is 12.6. The van der Waals surface area contributed by atoms with E-state index in [4.69, 9.17) is 9.84 Å². The molecule has 6 heteroatoms. The molecule has 1 atom stereocenters. The highest BCUT2D eigenvalue weighted by Gasteiger charge is 2.23. The monoisotopic (exact) mass is 357 g/mol. The Hall–Kier alpha value is -1.56. The fraction of sp³-hybridized carbons (Fsp3) is 0.467. The SMILES string of the molecule is Cc1cc(Br)ccc1[C@H](CC(=O)O)NC(=O)OC(C)(C)C. The summed E-state index contributed by atoms with van der Waals surface area (Å²) in [7, 11) is 0. The number of ether oxygens (including phenoxy) is 1. The largest absolute Gasteiger partial charge is 0.481 e. The quantitative estimate of drug-likeness (QED) is 0.859. The number of nitrogens with one attached hydrogen (secondary N) is 1. The van der Waals surface area contributed by atoms with E-state index in [1.165, 1.54) is 0 Å². The van der Waals surface area contributed by atoms with Crippen LogP contribution in [0.4, 0.5) is 4.79 Å². The molecule has 2 N–H and O–H groups in total. The lowest BCUT2D eigenvalue weighted by Crippen LogP contribution is -2.36. The van der Waals surface area contributed by atoms with Crippen molar-refractivity contribution in [2.24, 2.45) is 0 Å². The Kier molecular flexibility index (Phi) is 5.78. The lowest BCUT2D eigenvalue weighted by molar-refractivity contribution is -0.137. The van der Waals surface area contributed by atoms with Crippen LogP contribution in [-0.2, 0) is 9.53 Å². The van der Waals surface area contributed by atoms with Gasteiger partial charge in [-0.25, -0.2) is 4.79 Å². The van der Waals surface area contributed by atoms with Crippen molar-refractivity contribution in [3.05, 3.63) is 33.8 Å². The fourth-order valence-electron chi connectivity index (χ4n) is 1.89. The Morgan fingerprint density at radius 2 is 2.00 bits per heavy atom. The minimum absolute atomic E-state index is 0.207. The summed E-state index contributed by atoms with van der Waals surface area (Å²) in [4.78, 5) is 22.9. The summed E-state index contributed by atoms with van der Waals surface area (Å²) in [5.41, 5.74) is 1.02. The van der Waals surface area contributed by atoms with Gasteiger partial charge in [-0.1, -0.05) is 22.0 Å². The van der Waals surface area contributed by atoms with Crippen LogP contribution in [0.25, 0.3) is 0 Å². The summed E-state index contributed by atoms with van der Waals surface area (Å²) in [5.74, 6) is -0.988. The number of carboxylic acid groups (broad SMARTS) is 1. The van der Waals surface area contributed by atoms with Gasteiger partial charge in [0, 0.05) is 4.47 Å². The van der Waals surface area contributed by atoms with Crippen molar-refractivity contribution in [3.63, 3.8) is 0 Å². The van der Waals surface area contributed by atoms with Crippen LogP contribution in [0, 0.1) is 6.92 Å². The lowest BCUT2D eigenvalue weighted by Gasteiger charge is -2.24. The average Bonchev–Trinajstić information content (AvgIpc) is 2.24. The molecule has 0 unspecified atom stereocenters. The minimum atomic E-state index is -0.988. The number of benzene rings is 1. The number of hydrogen-bond acceptors (Lipinski definition) is 3. The van der Waals surface area contributed by atoms with Crippen molar-refractivity contribution >= 4 is 28.0 Å². The van der Waals surface area contributed by atoms with Crippen LogP contribution in [0.15, 0.2) is 22.7 Å². The summed E-state index contributed by atoms with van der Waals surface area (Å²) in [6, 6.07) is 4.85.